The molecule has 0 radical (unpaired) electrons. The number of hydrogen-bond donors (Lipinski definition) is 0. The molecule has 0 spiro atoms. The Kier molecular flexibility index (Phi) is 9.98. The zero-order valence-corrected chi connectivity index (χ0v) is 24.4. The molecule has 196 valence electrons. The summed E-state index contributed by atoms with van der Waals surface area (Å²) >= 11 is 0. The zero-order chi connectivity index (χ0) is 26.4. The summed E-state index contributed by atoms with van der Waals surface area (Å²) in [6, 6.07) is 9.02. The molecule has 1 aromatic carbocycles. The van der Waals surface area contributed by atoms with Crippen LogP contribution in [0.2, 0.25) is 18.1 Å². The molecule has 0 bridgehead atoms. The Morgan fingerprint density at radius 3 is 2.29 bits per heavy atom. The highest BCUT2D eigenvalue weighted by Crippen LogP contribution is 2.38. The standard InChI is InChI=1S/C25H42N4O4SSi/c1-10-22(32-7)19(2)16-17-23(33-35(8,9)25(4,5)6)20(3)18-34(30,31)24-26-27-28-29(24)21-14-12-11-13-15-21/h11-17,19-20,22-23H,10,18H2,1-9H3/b17-16+/t19-,20-,22-,23-/m0/s1. The molecule has 0 unspecified atom stereocenters. The van der Waals surface area contributed by atoms with Crippen LogP contribution in [0, 0.1) is 11.8 Å². The summed E-state index contributed by atoms with van der Waals surface area (Å²) in [7, 11) is -4.25. The predicted molar refractivity (Wildman–Crippen MR) is 142 cm³/mol. The van der Waals surface area contributed by atoms with E-state index in [1.54, 1.807) is 19.2 Å². The fourth-order valence-electron chi connectivity index (χ4n) is 3.64. The predicted octanol–water partition coefficient (Wildman–Crippen LogP) is 5.08. The Labute approximate surface area is 212 Å². The van der Waals surface area contributed by atoms with Gasteiger partial charge >= 0.3 is 0 Å². The highest BCUT2D eigenvalue weighted by atomic mass is 32.2. The molecular weight excluding hydrogens is 480 g/mol. The van der Waals surface area contributed by atoms with Crippen LogP contribution in [0.15, 0.2) is 47.6 Å². The van der Waals surface area contributed by atoms with Gasteiger partial charge in [0.2, 0.25) is 9.84 Å². The number of sulfone groups is 1. The highest BCUT2D eigenvalue weighted by molar-refractivity contribution is 7.91. The van der Waals surface area contributed by atoms with Crippen LogP contribution in [0.3, 0.4) is 0 Å². The highest BCUT2D eigenvalue weighted by Gasteiger charge is 2.40. The first kappa shape index (κ1) is 29.3. The zero-order valence-electron chi connectivity index (χ0n) is 22.6. The molecule has 0 fully saturated rings. The van der Waals surface area contributed by atoms with Crippen LogP contribution in [0.1, 0.15) is 48.0 Å². The third-order valence-electron chi connectivity index (χ3n) is 6.90. The van der Waals surface area contributed by atoms with Crippen molar-refractivity contribution in [3.8, 4) is 5.69 Å². The monoisotopic (exact) mass is 522 g/mol. The van der Waals surface area contributed by atoms with E-state index in [0.717, 1.165) is 6.42 Å². The van der Waals surface area contributed by atoms with Gasteiger partial charge in [-0.1, -0.05) is 77.0 Å². The van der Waals surface area contributed by atoms with Crippen LogP contribution < -0.4 is 0 Å². The Hall–Kier alpha value is -1.88. The van der Waals surface area contributed by atoms with E-state index in [-0.39, 0.29) is 40.0 Å². The van der Waals surface area contributed by atoms with E-state index in [4.69, 9.17) is 9.16 Å². The molecule has 0 saturated heterocycles. The van der Waals surface area contributed by atoms with Crippen LogP contribution in [-0.2, 0) is 19.0 Å². The van der Waals surface area contributed by atoms with Crippen molar-refractivity contribution in [2.24, 2.45) is 11.8 Å². The molecule has 2 rings (SSSR count). The largest absolute Gasteiger partial charge is 0.410 e. The normalized spacial score (nSPS) is 16.8. The van der Waals surface area contributed by atoms with E-state index in [0.29, 0.717) is 5.69 Å². The van der Waals surface area contributed by atoms with Gasteiger partial charge in [-0.25, -0.2) is 8.42 Å². The lowest BCUT2D eigenvalue weighted by Crippen LogP contribution is -2.45. The molecular formula is C25H42N4O4SSi. The summed E-state index contributed by atoms with van der Waals surface area (Å²) in [6.45, 7) is 17.0. The van der Waals surface area contributed by atoms with E-state index in [9.17, 15) is 8.42 Å². The Morgan fingerprint density at radius 2 is 1.74 bits per heavy atom. The lowest BCUT2D eigenvalue weighted by atomic mass is 9.99. The van der Waals surface area contributed by atoms with Gasteiger partial charge in [-0.05, 0) is 53.0 Å². The van der Waals surface area contributed by atoms with Gasteiger partial charge in [0.15, 0.2) is 8.32 Å². The number of nitrogens with zero attached hydrogens (tertiary/aromatic N) is 4. The number of benzene rings is 1. The molecule has 0 saturated carbocycles. The van der Waals surface area contributed by atoms with Crippen molar-refractivity contribution in [1.82, 2.24) is 20.2 Å². The molecule has 0 aliphatic heterocycles. The summed E-state index contributed by atoms with van der Waals surface area (Å²) in [6.07, 6.45) is 4.72. The van der Waals surface area contributed by atoms with Gasteiger partial charge in [0, 0.05) is 13.0 Å². The molecule has 0 N–H and O–H groups in total. The molecule has 0 aliphatic carbocycles. The van der Waals surface area contributed by atoms with Crippen molar-refractivity contribution >= 4 is 18.2 Å². The van der Waals surface area contributed by atoms with Crippen molar-refractivity contribution in [3.63, 3.8) is 0 Å². The minimum absolute atomic E-state index is 0.0147. The summed E-state index contributed by atoms with van der Waals surface area (Å²) in [4.78, 5) is 0. The molecule has 10 heteroatoms. The topological polar surface area (TPSA) is 96.2 Å². The first-order chi connectivity index (χ1) is 16.2. The van der Waals surface area contributed by atoms with Gasteiger partial charge in [-0.3, -0.25) is 0 Å². The molecule has 0 aliphatic rings. The van der Waals surface area contributed by atoms with Gasteiger partial charge in [-0.15, -0.1) is 0 Å². The van der Waals surface area contributed by atoms with Crippen molar-refractivity contribution < 1.29 is 17.6 Å². The maximum atomic E-state index is 13.5. The van der Waals surface area contributed by atoms with Gasteiger partial charge < -0.3 is 9.16 Å². The Bertz CT molecular complexity index is 1060. The van der Waals surface area contributed by atoms with Gasteiger partial charge in [0.25, 0.3) is 5.16 Å². The van der Waals surface area contributed by atoms with E-state index >= 15 is 0 Å². The van der Waals surface area contributed by atoms with Gasteiger partial charge in [0.1, 0.15) is 0 Å². The third-order valence-corrected chi connectivity index (χ3v) is 13.1. The third kappa shape index (κ3) is 7.55. The number of methoxy groups -OCH3 is 1. The summed E-state index contributed by atoms with van der Waals surface area (Å²) < 4.78 is 40.5. The molecule has 35 heavy (non-hydrogen) atoms. The van der Waals surface area contributed by atoms with E-state index in [2.05, 4.69) is 69.3 Å². The van der Waals surface area contributed by atoms with Crippen molar-refractivity contribution in [2.45, 2.75) is 83.5 Å². The second-order valence-electron chi connectivity index (χ2n) is 10.7. The molecule has 4 atom stereocenters. The van der Waals surface area contributed by atoms with Gasteiger partial charge in [0.05, 0.1) is 23.6 Å². The number of ether oxygens (including phenoxy) is 1. The van der Waals surface area contributed by atoms with Crippen LogP contribution in [0.4, 0.5) is 0 Å². The number of aromatic nitrogens is 4. The molecule has 2 aromatic rings. The van der Waals surface area contributed by atoms with Crippen molar-refractivity contribution in [1.29, 1.82) is 0 Å². The lowest BCUT2D eigenvalue weighted by molar-refractivity contribution is 0.0707. The van der Waals surface area contributed by atoms with Crippen LogP contribution in [-0.4, -0.2) is 62.0 Å². The first-order valence-electron chi connectivity index (χ1n) is 12.2. The lowest BCUT2D eigenvalue weighted by Gasteiger charge is -2.40. The average molecular weight is 523 g/mol. The number of para-hydroxylation sites is 1. The summed E-state index contributed by atoms with van der Waals surface area (Å²) in [5, 5.41) is 11.2. The fourth-order valence-corrected chi connectivity index (χ4v) is 6.59. The van der Waals surface area contributed by atoms with E-state index < -0.39 is 18.2 Å². The number of hydrogen-bond acceptors (Lipinski definition) is 7. The molecule has 1 heterocycles. The van der Waals surface area contributed by atoms with E-state index in [1.165, 1.54) is 4.68 Å². The second kappa shape index (κ2) is 11.9. The first-order valence-corrected chi connectivity index (χ1v) is 16.7. The maximum Gasteiger partial charge on any atom is 0.272 e. The number of rotatable bonds is 12. The van der Waals surface area contributed by atoms with E-state index in [1.807, 2.05) is 31.2 Å². The average Bonchev–Trinajstić information content (AvgIpc) is 3.28. The summed E-state index contributed by atoms with van der Waals surface area (Å²) in [5.41, 5.74) is 0.594. The summed E-state index contributed by atoms with van der Waals surface area (Å²) in [5.74, 6) is -0.287. The van der Waals surface area contributed by atoms with Crippen LogP contribution in [0.25, 0.3) is 5.69 Å². The Morgan fingerprint density at radius 1 is 1.11 bits per heavy atom. The van der Waals surface area contributed by atoms with Crippen LogP contribution in [0.5, 0.6) is 0 Å². The fraction of sp³-hybridized carbons (Fsp3) is 0.640. The number of tetrazole rings is 1. The van der Waals surface area contributed by atoms with Crippen molar-refractivity contribution in [2.75, 3.05) is 12.9 Å². The van der Waals surface area contributed by atoms with Gasteiger partial charge in [-0.2, -0.15) is 4.68 Å². The van der Waals surface area contributed by atoms with Crippen LogP contribution >= 0.6 is 0 Å². The minimum Gasteiger partial charge on any atom is -0.410 e. The minimum atomic E-state index is -3.79. The smallest absolute Gasteiger partial charge is 0.272 e. The molecule has 0 amide bonds. The Balaban J connectivity index is 2.35. The maximum absolute atomic E-state index is 13.5. The SMILES string of the molecule is CC[C@H](OC)[C@@H](C)/C=C/[C@H](O[Si](C)(C)C(C)(C)C)[C@@H](C)CS(=O)(=O)c1nnnn1-c1ccccc1. The molecule has 8 nitrogen and oxygen atoms in total. The molecule has 1 aromatic heterocycles. The van der Waals surface area contributed by atoms with Crippen molar-refractivity contribution in [3.05, 3.63) is 42.5 Å². The quantitative estimate of drug-likeness (QED) is 0.283. The second-order valence-corrected chi connectivity index (χ2v) is 17.4.